The molecule has 0 spiro atoms. The molecule has 0 aromatic heterocycles. The highest BCUT2D eigenvalue weighted by Crippen LogP contribution is 2.35. The lowest BCUT2D eigenvalue weighted by Gasteiger charge is -2.13. The van der Waals surface area contributed by atoms with E-state index in [2.05, 4.69) is 0 Å². The number of benzene rings is 2. The Bertz CT molecular complexity index is 552. The monoisotopic (exact) mass is 262 g/mol. The zero-order valence-electron chi connectivity index (χ0n) is 10.4. The van der Waals surface area contributed by atoms with Crippen molar-refractivity contribution >= 4 is 11.8 Å². The number of rotatable bonds is 3. The number of aryl methyl sites for hydroxylation is 1. The molecule has 1 nitrogen and oxygen atoms in total. The molecule has 0 aliphatic carbocycles. The maximum Gasteiger partial charge on any atom is 0.130 e. The maximum absolute atomic E-state index is 13.7. The summed E-state index contributed by atoms with van der Waals surface area (Å²) in [6, 6.07) is 12.8. The van der Waals surface area contributed by atoms with Gasteiger partial charge in [0.1, 0.15) is 5.82 Å². The van der Waals surface area contributed by atoms with Crippen LogP contribution in [0.2, 0.25) is 0 Å². The predicted molar refractivity (Wildman–Crippen MR) is 72.3 cm³/mol. The van der Waals surface area contributed by atoms with Crippen molar-refractivity contribution in [3.63, 3.8) is 0 Å². The summed E-state index contributed by atoms with van der Waals surface area (Å²) >= 11 is 1.48. The molecule has 0 saturated carbocycles. The minimum absolute atomic E-state index is 0.358. The van der Waals surface area contributed by atoms with Gasteiger partial charge in [0.15, 0.2) is 0 Å². The van der Waals surface area contributed by atoms with Crippen molar-refractivity contribution in [1.82, 2.24) is 0 Å². The van der Waals surface area contributed by atoms with E-state index >= 15 is 0 Å². The highest BCUT2D eigenvalue weighted by atomic mass is 32.2. The van der Waals surface area contributed by atoms with Gasteiger partial charge in [-0.15, -0.1) is 0 Å². The van der Waals surface area contributed by atoms with Crippen molar-refractivity contribution in [2.24, 2.45) is 0 Å². The van der Waals surface area contributed by atoms with Crippen LogP contribution in [0.15, 0.2) is 52.3 Å². The van der Waals surface area contributed by atoms with Crippen molar-refractivity contribution < 1.29 is 9.50 Å². The Labute approximate surface area is 111 Å². The second-order valence-corrected chi connectivity index (χ2v) is 5.28. The molecule has 1 unspecified atom stereocenters. The average Bonchev–Trinajstić information content (AvgIpc) is 2.31. The van der Waals surface area contributed by atoms with E-state index in [4.69, 9.17) is 0 Å². The molecule has 0 radical (unpaired) electrons. The van der Waals surface area contributed by atoms with Gasteiger partial charge in [-0.1, -0.05) is 36.0 Å². The van der Waals surface area contributed by atoms with Crippen molar-refractivity contribution in [2.75, 3.05) is 0 Å². The molecule has 0 aliphatic heterocycles. The van der Waals surface area contributed by atoms with Crippen molar-refractivity contribution in [2.45, 2.75) is 29.7 Å². The largest absolute Gasteiger partial charge is 0.389 e. The molecular weight excluding hydrogens is 247 g/mol. The lowest BCUT2D eigenvalue weighted by molar-refractivity contribution is 0.191. The third-order valence-corrected chi connectivity index (χ3v) is 4.00. The Balaban J connectivity index is 2.41. The third kappa shape index (κ3) is 2.74. The number of halogens is 1. The Hall–Kier alpha value is -1.32. The first-order valence-electron chi connectivity index (χ1n) is 5.79. The molecule has 0 bridgehead atoms. The zero-order chi connectivity index (χ0) is 13.1. The van der Waals surface area contributed by atoms with Crippen LogP contribution in [0.4, 0.5) is 4.39 Å². The van der Waals surface area contributed by atoms with Crippen molar-refractivity contribution in [1.29, 1.82) is 0 Å². The van der Waals surface area contributed by atoms with Crippen LogP contribution in [0.25, 0.3) is 0 Å². The molecule has 2 aromatic rings. The molecule has 18 heavy (non-hydrogen) atoms. The summed E-state index contributed by atoms with van der Waals surface area (Å²) in [5, 5.41) is 9.68. The van der Waals surface area contributed by atoms with Gasteiger partial charge in [0.05, 0.1) is 6.10 Å². The number of aliphatic hydroxyl groups is 1. The van der Waals surface area contributed by atoms with Crippen LogP contribution in [0.1, 0.15) is 24.2 Å². The second-order valence-electron chi connectivity index (χ2n) is 4.20. The second kappa shape index (κ2) is 5.55. The molecule has 0 amide bonds. The standard InChI is InChI=1S/C15H15FOS/c1-10-6-3-4-8-13(10)18-14-9-5-7-12(16)15(14)11(2)17/h3-9,11,17H,1-2H3. The Morgan fingerprint density at radius 2 is 1.72 bits per heavy atom. The first-order chi connectivity index (χ1) is 8.59. The van der Waals surface area contributed by atoms with Crippen LogP contribution in [0.3, 0.4) is 0 Å². The van der Waals surface area contributed by atoms with E-state index in [1.54, 1.807) is 13.0 Å². The van der Waals surface area contributed by atoms with Crippen LogP contribution in [-0.2, 0) is 0 Å². The molecule has 3 heteroatoms. The van der Waals surface area contributed by atoms with Gasteiger partial charge in [-0.3, -0.25) is 0 Å². The Morgan fingerprint density at radius 3 is 2.39 bits per heavy atom. The summed E-state index contributed by atoms with van der Waals surface area (Å²) in [5.41, 5.74) is 1.51. The molecular formula is C15H15FOS. The molecule has 1 atom stereocenters. The molecule has 0 fully saturated rings. The van der Waals surface area contributed by atoms with Crippen LogP contribution >= 0.6 is 11.8 Å². The van der Waals surface area contributed by atoms with Crippen LogP contribution in [0, 0.1) is 12.7 Å². The highest BCUT2D eigenvalue weighted by molar-refractivity contribution is 7.99. The normalized spacial score (nSPS) is 12.4. The van der Waals surface area contributed by atoms with Gasteiger partial charge in [0.2, 0.25) is 0 Å². The van der Waals surface area contributed by atoms with Gasteiger partial charge < -0.3 is 5.11 Å². The minimum Gasteiger partial charge on any atom is -0.389 e. The summed E-state index contributed by atoms with van der Waals surface area (Å²) in [7, 11) is 0. The molecule has 2 aromatic carbocycles. The van der Waals surface area contributed by atoms with E-state index in [1.807, 2.05) is 37.3 Å². The third-order valence-electron chi connectivity index (χ3n) is 2.74. The highest BCUT2D eigenvalue weighted by Gasteiger charge is 2.14. The summed E-state index contributed by atoms with van der Waals surface area (Å²) in [5.74, 6) is -0.358. The first-order valence-corrected chi connectivity index (χ1v) is 6.61. The quantitative estimate of drug-likeness (QED) is 0.888. The van der Waals surface area contributed by atoms with Gasteiger partial charge in [0, 0.05) is 15.4 Å². The minimum atomic E-state index is -0.808. The van der Waals surface area contributed by atoms with E-state index in [0.29, 0.717) is 5.56 Å². The number of hydrogen-bond acceptors (Lipinski definition) is 2. The lowest BCUT2D eigenvalue weighted by Crippen LogP contribution is -1.98. The fraction of sp³-hybridized carbons (Fsp3) is 0.200. The van der Waals surface area contributed by atoms with Gasteiger partial charge in [0.25, 0.3) is 0 Å². The molecule has 0 aliphatic rings. The van der Waals surface area contributed by atoms with E-state index in [9.17, 15) is 9.50 Å². The molecule has 0 heterocycles. The summed E-state index contributed by atoms with van der Waals surface area (Å²) in [6.45, 7) is 3.60. The van der Waals surface area contributed by atoms with Gasteiger partial charge in [-0.05, 0) is 37.6 Å². The lowest BCUT2D eigenvalue weighted by atomic mass is 10.1. The van der Waals surface area contributed by atoms with Crippen molar-refractivity contribution in [3.05, 3.63) is 59.4 Å². The predicted octanol–water partition coefficient (Wildman–Crippen LogP) is 4.34. The average molecular weight is 262 g/mol. The Morgan fingerprint density at radius 1 is 1.06 bits per heavy atom. The van der Waals surface area contributed by atoms with E-state index in [1.165, 1.54) is 17.8 Å². The fourth-order valence-corrected chi connectivity index (χ4v) is 2.94. The molecule has 2 rings (SSSR count). The van der Waals surface area contributed by atoms with E-state index < -0.39 is 6.10 Å². The van der Waals surface area contributed by atoms with Gasteiger partial charge in [-0.25, -0.2) is 4.39 Å². The van der Waals surface area contributed by atoms with Gasteiger partial charge in [-0.2, -0.15) is 0 Å². The van der Waals surface area contributed by atoms with Crippen LogP contribution in [-0.4, -0.2) is 5.11 Å². The summed E-state index contributed by atoms with van der Waals surface area (Å²) in [4.78, 5) is 1.84. The van der Waals surface area contributed by atoms with Crippen LogP contribution < -0.4 is 0 Å². The summed E-state index contributed by atoms with van der Waals surface area (Å²) < 4.78 is 13.7. The fourth-order valence-electron chi connectivity index (χ4n) is 1.80. The molecule has 0 saturated heterocycles. The zero-order valence-corrected chi connectivity index (χ0v) is 11.2. The van der Waals surface area contributed by atoms with Crippen LogP contribution in [0.5, 0.6) is 0 Å². The molecule has 94 valence electrons. The Kier molecular flexibility index (Phi) is 4.04. The van der Waals surface area contributed by atoms with Crippen molar-refractivity contribution in [3.8, 4) is 0 Å². The summed E-state index contributed by atoms with van der Waals surface area (Å²) in [6.07, 6.45) is -0.808. The number of hydrogen-bond donors (Lipinski definition) is 1. The first kappa shape index (κ1) is 13.1. The smallest absolute Gasteiger partial charge is 0.130 e. The van der Waals surface area contributed by atoms with E-state index in [0.717, 1.165) is 15.4 Å². The SMILES string of the molecule is Cc1ccccc1Sc1cccc(F)c1C(C)O. The van der Waals surface area contributed by atoms with Gasteiger partial charge >= 0.3 is 0 Å². The molecule has 1 N–H and O–H groups in total. The maximum atomic E-state index is 13.7. The van der Waals surface area contributed by atoms with E-state index in [-0.39, 0.29) is 5.82 Å². The topological polar surface area (TPSA) is 20.2 Å². The number of aliphatic hydroxyl groups excluding tert-OH is 1.